The number of pyridine rings is 1. The van der Waals surface area contributed by atoms with E-state index in [1.165, 1.54) is 12.3 Å². The van der Waals surface area contributed by atoms with Gasteiger partial charge in [-0.1, -0.05) is 0 Å². The summed E-state index contributed by atoms with van der Waals surface area (Å²) in [5.74, 6) is -0.710. The van der Waals surface area contributed by atoms with Crippen LogP contribution in [0.3, 0.4) is 0 Å². The Balaban J connectivity index is 2.14. The predicted octanol–water partition coefficient (Wildman–Crippen LogP) is 1.50. The van der Waals surface area contributed by atoms with E-state index in [0.717, 1.165) is 11.8 Å². The fourth-order valence-corrected chi connectivity index (χ4v) is 1.21. The molecule has 0 aliphatic carbocycles. The van der Waals surface area contributed by atoms with Crippen molar-refractivity contribution in [3.05, 3.63) is 41.6 Å². The highest BCUT2D eigenvalue weighted by atomic mass is 19.1. The lowest BCUT2D eigenvalue weighted by atomic mass is 10.2. The first kappa shape index (κ1) is 10.3. The van der Waals surface area contributed by atoms with E-state index in [-0.39, 0.29) is 5.56 Å². The molecule has 0 unspecified atom stereocenters. The molecule has 0 radical (unpaired) electrons. The van der Waals surface area contributed by atoms with Gasteiger partial charge in [-0.2, -0.15) is 9.49 Å². The maximum Gasteiger partial charge on any atom is 0.257 e. The quantitative estimate of drug-likeness (QED) is 0.753. The Morgan fingerprint density at radius 1 is 1.50 bits per heavy atom. The summed E-state index contributed by atoms with van der Waals surface area (Å²) in [7, 11) is 0. The highest BCUT2D eigenvalue weighted by Crippen LogP contribution is 2.07. The minimum atomic E-state index is -0.689. The summed E-state index contributed by atoms with van der Waals surface area (Å²) in [5, 5.41) is 9.05. The molecule has 6 heteroatoms. The standard InChI is InChI=1S/C10H9FN4O/c1-6-4-9(15-14-6)13-10(16)7-2-3-12-8(11)5-7/h2-5H,1H3,(H2,13,14,15,16). The van der Waals surface area contributed by atoms with Gasteiger partial charge in [-0.3, -0.25) is 9.89 Å². The Bertz CT molecular complexity index is 523. The number of aromatic amines is 1. The third-order valence-corrected chi connectivity index (χ3v) is 1.94. The van der Waals surface area contributed by atoms with Crippen LogP contribution < -0.4 is 5.32 Å². The van der Waals surface area contributed by atoms with Gasteiger partial charge in [0.1, 0.15) is 0 Å². The first-order valence-electron chi connectivity index (χ1n) is 4.60. The molecule has 2 rings (SSSR count). The predicted molar refractivity (Wildman–Crippen MR) is 55.5 cm³/mol. The number of carbonyl (C=O) groups excluding carboxylic acids is 1. The van der Waals surface area contributed by atoms with Gasteiger partial charge in [0.15, 0.2) is 5.82 Å². The van der Waals surface area contributed by atoms with Gasteiger partial charge in [0, 0.05) is 29.6 Å². The number of H-pyrrole nitrogens is 1. The summed E-state index contributed by atoms with van der Waals surface area (Å²) in [6, 6.07) is 4.17. The largest absolute Gasteiger partial charge is 0.305 e. The van der Waals surface area contributed by atoms with Gasteiger partial charge in [-0.15, -0.1) is 0 Å². The van der Waals surface area contributed by atoms with Crippen LogP contribution in [-0.2, 0) is 0 Å². The molecule has 0 aliphatic heterocycles. The molecule has 0 saturated heterocycles. The molecule has 2 heterocycles. The molecule has 5 nitrogen and oxygen atoms in total. The average Bonchev–Trinajstić information content (AvgIpc) is 2.64. The summed E-state index contributed by atoms with van der Waals surface area (Å²) >= 11 is 0. The fraction of sp³-hybridized carbons (Fsp3) is 0.100. The molecule has 16 heavy (non-hydrogen) atoms. The molecule has 0 spiro atoms. The Kier molecular flexibility index (Phi) is 2.63. The lowest BCUT2D eigenvalue weighted by Crippen LogP contribution is -2.12. The molecule has 0 fully saturated rings. The second kappa shape index (κ2) is 4.09. The van der Waals surface area contributed by atoms with E-state index in [1.54, 1.807) is 6.07 Å². The van der Waals surface area contributed by atoms with Crippen LogP contribution in [-0.4, -0.2) is 21.1 Å². The van der Waals surface area contributed by atoms with Crippen LogP contribution in [0.4, 0.5) is 10.2 Å². The average molecular weight is 220 g/mol. The van der Waals surface area contributed by atoms with E-state index >= 15 is 0 Å². The molecule has 0 saturated carbocycles. The number of nitrogens with one attached hydrogen (secondary N) is 2. The highest BCUT2D eigenvalue weighted by Gasteiger charge is 2.08. The van der Waals surface area contributed by atoms with Crippen molar-refractivity contribution in [3.8, 4) is 0 Å². The first-order chi connectivity index (χ1) is 7.65. The monoisotopic (exact) mass is 220 g/mol. The molecule has 0 bridgehead atoms. The van der Waals surface area contributed by atoms with Crippen LogP contribution in [0.1, 0.15) is 16.1 Å². The topological polar surface area (TPSA) is 70.7 Å². The van der Waals surface area contributed by atoms with Gasteiger partial charge in [0.25, 0.3) is 5.91 Å². The number of aryl methyl sites for hydroxylation is 1. The van der Waals surface area contributed by atoms with Gasteiger partial charge in [0.05, 0.1) is 0 Å². The van der Waals surface area contributed by atoms with E-state index in [0.29, 0.717) is 5.82 Å². The lowest BCUT2D eigenvalue weighted by molar-refractivity contribution is 0.102. The maximum absolute atomic E-state index is 12.8. The highest BCUT2D eigenvalue weighted by molar-refractivity contribution is 6.03. The molecule has 2 aromatic heterocycles. The number of rotatable bonds is 2. The molecular formula is C10H9FN4O. The Labute approximate surface area is 90.7 Å². The summed E-state index contributed by atoms with van der Waals surface area (Å²) in [5.41, 5.74) is 1.03. The van der Waals surface area contributed by atoms with Crippen LogP contribution in [0.25, 0.3) is 0 Å². The number of amides is 1. The second-order valence-corrected chi connectivity index (χ2v) is 3.26. The van der Waals surface area contributed by atoms with Gasteiger partial charge in [-0.05, 0) is 13.0 Å². The minimum absolute atomic E-state index is 0.202. The molecule has 0 atom stereocenters. The van der Waals surface area contributed by atoms with E-state index in [1.807, 2.05) is 6.92 Å². The number of aromatic nitrogens is 3. The first-order valence-corrected chi connectivity index (χ1v) is 4.60. The maximum atomic E-state index is 12.8. The SMILES string of the molecule is Cc1cc(NC(=O)c2ccnc(F)c2)n[nH]1. The van der Waals surface area contributed by atoms with Crippen molar-refractivity contribution < 1.29 is 9.18 Å². The third kappa shape index (κ3) is 2.22. The Morgan fingerprint density at radius 3 is 2.94 bits per heavy atom. The number of halogens is 1. The summed E-state index contributed by atoms with van der Waals surface area (Å²) < 4.78 is 12.8. The summed E-state index contributed by atoms with van der Waals surface area (Å²) in [4.78, 5) is 15.0. The number of nitrogens with zero attached hydrogens (tertiary/aromatic N) is 2. The third-order valence-electron chi connectivity index (χ3n) is 1.94. The zero-order chi connectivity index (χ0) is 11.5. The Morgan fingerprint density at radius 2 is 2.31 bits per heavy atom. The van der Waals surface area contributed by atoms with Crippen LogP contribution >= 0.6 is 0 Å². The van der Waals surface area contributed by atoms with Crippen molar-refractivity contribution in [2.24, 2.45) is 0 Å². The van der Waals surface area contributed by atoms with Crippen LogP contribution in [0, 0.1) is 12.9 Å². The van der Waals surface area contributed by atoms with Gasteiger partial charge in [0.2, 0.25) is 5.95 Å². The number of hydrogen-bond donors (Lipinski definition) is 2. The minimum Gasteiger partial charge on any atom is -0.305 e. The van der Waals surface area contributed by atoms with Crippen molar-refractivity contribution >= 4 is 11.7 Å². The molecule has 1 amide bonds. The van der Waals surface area contributed by atoms with Crippen molar-refractivity contribution in [1.82, 2.24) is 15.2 Å². The van der Waals surface area contributed by atoms with Gasteiger partial charge in [-0.25, -0.2) is 4.98 Å². The van der Waals surface area contributed by atoms with Gasteiger partial charge < -0.3 is 5.32 Å². The number of anilines is 1. The van der Waals surface area contributed by atoms with E-state index in [2.05, 4.69) is 20.5 Å². The van der Waals surface area contributed by atoms with E-state index in [9.17, 15) is 9.18 Å². The summed E-state index contributed by atoms with van der Waals surface area (Å²) in [6.07, 6.45) is 1.24. The molecule has 82 valence electrons. The van der Waals surface area contributed by atoms with E-state index in [4.69, 9.17) is 0 Å². The van der Waals surface area contributed by atoms with Crippen molar-refractivity contribution in [3.63, 3.8) is 0 Å². The number of hydrogen-bond acceptors (Lipinski definition) is 3. The number of carbonyl (C=O) groups is 1. The molecule has 2 N–H and O–H groups in total. The van der Waals surface area contributed by atoms with Gasteiger partial charge >= 0.3 is 0 Å². The van der Waals surface area contributed by atoms with Crippen LogP contribution in [0.15, 0.2) is 24.4 Å². The van der Waals surface area contributed by atoms with Crippen molar-refractivity contribution in [2.45, 2.75) is 6.92 Å². The molecule has 0 aromatic carbocycles. The normalized spacial score (nSPS) is 10.1. The molecule has 0 aliphatic rings. The zero-order valence-corrected chi connectivity index (χ0v) is 8.49. The second-order valence-electron chi connectivity index (χ2n) is 3.26. The molecule has 2 aromatic rings. The van der Waals surface area contributed by atoms with Crippen LogP contribution in [0.2, 0.25) is 0 Å². The zero-order valence-electron chi connectivity index (χ0n) is 8.49. The smallest absolute Gasteiger partial charge is 0.257 e. The lowest BCUT2D eigenvalue weighted by Gasteiger charge is -2.00. The summed E-state index contributed by atoms with van der Waals surface area (Å²) in [6.45, 7) is 1.81. The van der Waals surface area contributed by atoms with E-state index < -0.39 is 11.9 Å². The molecular weight excluding hydrogens is 211 g/mol. The Hall–Kier alpha value is -2.24. The van der Waals surface area contributed by atoms with Crippen molar-refractivity contribution in [2.75, 3.05) is 5.32 Å². The van der Waals surface area contributed by atoms with Crippen LogP contribution in [0.5, 0.6) is 0 Å². The fourth-order valence-electron chi connectivity index (χ4n) is 1.21. The van der Waals surface area contributed by atoms with Crippen molar-refractivity contribution in [1.29, 1.82) is 0 Å².